The first-order chi connectivity index (χ1) is 15.3. The molecule has 0 bridgehead atoms. The molecule has 0 saturated carbocycles. The summed E-state index contributed by atoms with van der Waals surface area (Å²) in [6.07, 6.45) is 2.75. The van der Waals surface area contributed by atoms with E-state index in [4.69, 9.17) is 16.6 Å². The Morgan fingerprint density at radius 2 is 1.75 bits per heavy atom. The number of pyridine rings is 1. The van der Waals surface area contributed by atoms with Gasteiger partial charge in [0.05, 0.1) is 21.9 Å². The van der Waals surface area contributed by atoms with Crippen LogP contribution in [0.2, 0.25) is 5.02 Å². The third-order valence-electron chi connectivity index (χ3n) is 6.37. The van der Waals surface area contributed by atoms with Gasteiger partial charge >= 0.3 is 0 Å². The summed E-state index contributed by atoms with van der Waals surface area (Å²) in [5.41, 5.74) is 7.53. The first-order valence-electron chi connectivity index (χ1n) is 11.8. The molecule has 0 amide bonds. The van der Waals surface area contributed by atoms with Gasteiger partial charge in [-0.25, -0.2) is 0 Å². The predicted octanol–water partition coefficient (Wildman–Crippen LogP) is 6.23. The lowest BCUT2D eigenvalue weighted by Crippen LogP contribution is -2.45. The second-order valence-electron chi connectivity index (χ2n) is 8.93. The van der Waals surface area contributed by atoms with Crippen molar-refractivity contribution in [3.8, 4) is 0 Å². The number of nitrogens with zero attached hydrogens (tertiary/aromatic N) is 4. The summed E-state index contributed by atoms with van der Waals surface area (Å²) >= 11 is 6.72. The van der Waals surface area contributed by atoms with Crippen LogP contribution in [0.5, 0.6) is 0 Å². The van der Waals surface area contributed by atoms with Crippen LogP contribution in [0.1, 0.15) is 50.9 Å². The quantitative estimate of drug-likeness (QED) is 0.445. The summed E-state index contributed by atoms with van der Waals surface area (Å²) < 4.78 is 0. The van der Waals surface area contributed by atoms with Crippen LogP contribution in [-0.4, -0.2) is 53.7 Å². The van der Waals surface area contributed by atoms with Gasteiger partial charge in [0.15, 0.2) is 0 Å². The third-order valence-corrected chi connectivity index (χ3v) is 6.80. The lowest BCUT2D eigenvalue weighted by molar-refractivity contribution is 0.221. The molecule has 0 radical (unpaired) electrons. The minimum atomic E-state index is 0.572. The maximum Gasteiger partial charge on any atom is 0.0727 e. The van der Waals surface area contributed by atoms with Crippen molar-refractivity contribution in [1.82, 2.24) is 14.8 Å². The average Bonchev–Trinajstić information content (AvgIpc) is 2.81. The Morgan fingerprint density at radius 3 is 2.31 bits per heavy atom. The molecule has 1 aliphatic heterocycles. The summed E-state index contributed by atoms with van der Waals surface area (Å²) in [6.45, 7) is 21.1. The SMILES string of the molecule is C=C(C(CC(C)C)=NC)N1CCN(C(=C)c2ccc3c(Cl)c(CC)c(CC)nc3c2)CC1. The minimum absolute atomic E-state index is 0.572. The van der Waals surface area contributed by atoms with Crippen molar-refractivity contribution in [3.05, 3.63) is 58.9 Å². The van der Waals surface area contributed by atoms with Crippen LogP contribution in [0.15, 0.2) is 42.0 Å². The number of halogens is 1. The summed E-state index contributed by atoms with van der Waals surface area (Å²) in [6, 6.07) is 6.36. The molecular formula is C27H37ClN4. The Hall–Kier alpha value is -2.33. The first-order valence-corrected chi connectivity index (χ1v) is 12.1. The largest absolute Gasteiger partial charge is 0.368 e. The zero-order valence-corrected chi connectivity index (χ0v) is 21.1. The molecule has 32 heavy (non-hydrogen) atoms. The number of aryl methyl sites for hydroxylation is 1. The fraction of sp³-hybridized carbons (Fsp3) is 0.481. The number of aromatic nitrogens is 1. The molecule has 0 unspecified atom stereocenters. The van der Waals surface area contributed by atoms with Crippen LogP contribution in [0.4, 0.5) is 0 Å². The number of piperazine rings is 1. The van der Waals surface area contributed by atoms with Gasteiger partial charge in [0, 0.05) is 50.0 Å². The van der Waals surface area contributed by atoms with E-state index in [0.29, 0.717) is 5.92 Å². The molecule has 0 spiro atoms. The number of hydrogen-bond donors (Lipinski definition) is 0. The number of benzene rings is 1. The highest BCUT2D eigenvalue weighted by Crippen LogP contribution is 2.31. The molecule has 1 fully saturated rings. The van der Waals surface area contributed by atoms with E-state index < -0.39 is 0 Å². The summed E-state index contributed by atoms with van der Waals surface area (Å²) in [7, 11) is 1.87. The smallest absolute Gasteiger partial charge is 0.0727 e. The molecule has 3 rings (SSSR count). The highest BCUT2D eigenvalue weighted by Gasteiger charge is 2.22. The van der Waals surface area contributed by atoms with Crippen molar-refractivity contribution in [2.24, 2.45) is 10.9 Å². The van der Waals surface area contributed by atoms with Crippen molar-refractivity contribution in [3.63, 3.8) is 0 Å². The second-order valence-corrected chi connectivity index (χ2v) is 9.30. The van der Waals surface area contributed by atoms with Crippen LogP contribution in [0.25, 0.3) is 16.6 Å². The third kappa shape index (κ3) is 5.01. The Morgan fingerprint density at radius 1 is 1.09 bits per heavy atom. The van der Waals surface area contributed by atoms with Crippen molar-refractivity contribution < 1.29 is 0 Å². The monoisotopic (exact) mass is 452 g/mol. The second kappa shape index (κ2) is 10.5. The van der Waals surface area contributed by atoms with E-state index >= 15 is 0 Å². The molecule has 2 heterocycles. The normalized spacial score (nSPS) is 15.0. The van der Waals surface area contributed by atoms with Crippen molar-refractivity contribution in [2.75, 3.05) is 33.2 Å². The van der Waals surface area contributed by atoms with Crippen molar-refractivity contribution in [1.29, 1.82) is 0 Å². The minimum Gasteiger partial charge on any atom is -0.368 e. The number of rotatable bonds is 8. The Balaban J connectivity index is 1.74. The van der Waals surface area contributed by atoms with Gasteiger partial charge in [-0.2, -0.15) is 0 Å². The van der Waals surface area contributed by atoms with Crippen LogP contribution < -0.4 is 0 Å². The van der Waals surface area contributed by atoms with E-state index in [9.17, 15) is 0 Å². The molecule has 172 valence electrons. The van der Waals surface area contributed by atoms with E-state index in [0.717, 1.165) is 95.3 Å². The van der Waals surface area contributed by atoms with Gasteiger partial charge in [-0.1, -0.05) is 64.6 Å². The Kier molecular flexibility index (Phi) is 8.00. The summed E-state index contributed by atoms with van der Waals surface area (Å²) in [5.74, 6) is 0.572. The zero-order chi connectivity index (χ0) is 23.4. The molecule has 2 aromatic rings. The summed E-state index contributed by atoms with van der Waals surface area (Å²) in [5, 5.41) is 1.86. The molecule has 1 aliphatic rings. The molecule has 4 nitrogen and oxygen atoms in total. The van der Waals surface area contributed by atoms with E-state index in [1.807, 2.05) is 7.05 Å². The number of aliphatic imine (C=N–C) groups is 1. The van der Waals surface area contributed by atoms with Crippen molar-refractivity contribution >= 4 is 33.9 Å². The summed E-state index contributed by atoms with van der Waals surface area (Å²) in [4.78, 5) is 14.1. The van der Waals surface area contributed by atoms with Crippen LogP contribution >= 0.6 is 11.6 Å². The highest BCUT2D eigenvalue weighted by molar-refractivity contribution is 6.36. The van der Waals surface area contributed by atoms with Crippen LogP contribution in [0, 0.1) is 5.92 Å². The topological polar surface area (TPSA) is 31.7 Å². The maximum atomic E-state index is 6.72. The fourth-order valence-corrected chi connectivity index (χ4v) is 4.88. The van der Waals surface area contributed by atoms with E-state index in [1.165, 1.54) is 0 Å². The van der Waals surface area contributed by atoms with Gasteiger partial charge in [-0.15, -0.1) is 0 Å². The molecule has 0 aliphatic carbocycles. The Labute approximate surface area is 198 Å². The van der Waals surface area contributed by atoms with E-state index in [-0.39, 0.29) is 0 Å². The average molecular weight is 453 g/mol. The number of allylic oxidation sites excluding steroid dienone is 1. The van der Waals surface area contributed by atoms with Crippen molar-refractivity contribution in [2.45, 2.75) is 47.0 Å². The molecule has 1 aromatic carbocycles. The predicted molar refractivity (Wildman–Crippen MR) is 140 cm³/mol. The highest BCUT2D eigenvalue weighted by atomic mass is 35.5. The van der Waals surface area contributed by atoms with Gasteiger partial charge in [0.1, 0.15) is 0 Å². The standard InChI is InChI=1S/C27H37ClN4/c1-8-22-24(9-2)30-26-17-21(10-11-23(26)27(22)28)19(5)31-12-14-32(15-13-31)20(6)25(29-7)16-18(3)4/h10-11,17-18H,5-6,8-9,12-16H2,1-4,7H3. The van der Waals surface area contributed by atoms with Crippen LogP contribution in [-0.2, 0) is 12.8 Å². The van der Waals surface area contributed by atoms with Gasteiger partial charge in [0.25, 0.3) is 0 Å². The first kappa shape index (κ1) is 24.3. The van der Waals surface area contributed by atoms with Gasteiger partial charge in [-0.3, -0.25) is 9.98 Å². The number of fused-ring (bicyclic) bond motifs is 1. The van der Waals surface area contributed by atoms with Gasteiger partial charge in [-0.05, 0) is 42.4 Å². The number of hydrogen-bond acceptors (Lipinski definition) is 4. The van der Waals surface area contributed by atoms with E-state index in [1.54, 1.807) is 0 Å². The Bertz CT molecular complexity index is 1030. The van der Waals surface area contributed by atoms with E-state index in [2.05, 4.69) is 73.8 Å². The van der Waals surface area contributed by atoms with Gasteiger partial charge < -0.3 is 9.80 Å². The van der Waals surface area contributed by atoms with Crippen LogP contribution in [0.3, 0.4) is 0 Å². The molecule has 1 saturated heterocycles. The molecule has 1 aromatic heterocycles. The molecule has 0 atom stereocenters. The maximum absolute atomic E-state index is 6.72. The molecule has 0 N–H and O–H groups in total. The van der Waals surface area contributed by atoms with Gasteiger partial charge in [0.2, 0.25) is 0 Å². The zero-order valence-electron chi connectivity index (χ0n) is 20.3. The lowest BCUT2D eigenvalue weighted by Gasteiger charge is -2.39. The molecule has 5 heteroatoms. The molecular weight excluding hydrogens is 416 g/mol. The lowest BCUT2D eigenvalue weighted by atomic mass is 10.0. The fourth-order valence-electron chi connectivity index (χ4n) is 4.48.